The molecule has 5 nitrogen and oxygen atoms in total. The van der Waals surface area contributed by atoms with E-state index < -0.39 is 17.4 Å². The highest BCUT2D eigenvalue weighted by molar-refractivity contribution is 6.07. The van der Waals surface area contributed by atoms with Gasteiger partial charge in [0.1, 0.15) is 5.60 Å². The minimum Gasteiger partial charge on any atom is -0.393 e. The van der Waals surface area contributed by atoms with Gasteiger partial charge in [-0.05, 0) is 5.56 Å². The summed E-state index contributed by atoms with van der Waals surface area (Å²) in [5, 5.41) is 9.61. The molecule has 4 rings (SSSR count). The van der Waals surface area contributed by atoms with Gasteiger partial charge in [0.2, 0.25) is 11.8 Å². The van der Waals surface area contributed by atoms with Crippen molar-refractivity contribution in [3.63, 3.8) is 0 Å². The number of hydrogen-bond donors (Lipinski definition) is 1. The van der Waals surface area contributed by atoms with E-state index in [2.05, 4.69) is 0 Å². The number of rotatable bonds is 3. The summed E-state index contributed by atoms with van der Waals surface area (Å²) in [5.41, 5.74) is -0.0912. The molecule has 2 bridgehead atoms. The summed E-state index contributed by atoms with van der Waals surface area (Å²) in [6, 6.07) is 9.43. The molecule has 2 saturated heterocycles. The third-order valence-corrected chi connectivity index (χ3v) is 4.68. The van der Waals surface area contributed by atoms with Gasteiger partial charge in [0, 0.05) is 0 Å². The zero-order chi connectivity index (χ0) is 14.6. The molecule has 2 fully saturated rings. The van der Waals surface area contributed by atoms with E-state index >= 15 is 0 Å². The molecule has 0 aliphatic carbocycles. The highest BCUT2D eigenvalue weighted by Gasteiger charge is 2.67. The first-order valence-corrected chi connectivity index (χ1v) is 7.03. The number of carbonyl (C=O) groups excluding carboxylic acids is 2. The SMILES string of the molecule is O=C1[C@@H]2[C@@H](C(=O)N1Cc1ccccc1)[C@]1(CO)C=C[C@H]2O1. The Balaban J connectivity index is 1.66. The molecule has 0 radical (unpaired) electrons. The number of aliphatic hydroxyl groups is 1. The van der Waals surface area contributed by atoms with E-state index in [-0.39, 0.29) is 31.1 Å². The number of aliphatic hydroxyl groups excluding tert-OH is 1. The molecule has 1 N–H and O–H groups in total. The summed E-state index contributed by atoms with van der Waals surface area (Å²) in [4.78, 5) is 26.5. The minimum absolute atomic E-state index is 0.196. The second-order valence-electron chi connectivity index (χ2n) is 5.81. The van der Waals surface area contributed by atoms with Crippen LogP contribution >= 0.6 is 0 Å². The van der Waals surface area contributed by atoms with Gasteiger partial charge < -0.3 is 9.84 Å². The van der Waals surface area contributed by atoms with Crippen molar-refractivity contribution in [2.24, 2.45) is 11.8 Å². The van der Waals surface area contributed by atoms with E-state index in [1.165, 1.54) is 4.90 Å². The van der Waals surface area contributed by atoms with Gasteiger partial charge in [-0.3, -0.25) is 14.5 Å². The molecule has 4 atom stereocenters. The van der Waals surface area contributed by atoms with Gasteiger partial charge in [0.15, 0.2) is 0 Å². The molecule has 0 unspecified atom stereocenters. The van der Waals surface area contributed by atoms with Crippen LogP contribution in [0.3, 0.4) is 0 Å². The number of benzene rings is 1. The van der Waals surface area contributed by atoms with Gasteiger partial charge >= 0.3 is 0 Å². The number of hydrogen-bond acceptors (Lipinski definition) is 4. The fourth-order valence-electron chi connectivity index (χ4n) is 3.67. The van der Waals surface area contributed by atoms with Gasteiger partial charge in [-0.1, -0.05) is 42.5 Å². The molecule has 1 aromatic rings. The normalized spacial score (nSPS) is 36.6. The van der Waals surface area contributed by atoms with Crippen LogP contribution in [0.25, 0.3) is 0 Å². The van der Waals surface area contributed by atoms with Crippen molar-refractivity contribution in [1.82, 2.24) is 4.90 Å². The Morgan fingerprint density at radius 1 is 1.19 bits per heavy atom. The molecule has 3 aliphatic heterocycles. The highest BCUT2D eigenvalue weighted by atomic mass is 16.5. The third kappa shape index (κ3) is 1.58. The van der Waals surface area contributed by atoms with Crippen molar-refractivity contribution in [1.29, 1.82) is 0 Å². The number of nitrogens with zero attached hydrogens (tertiary/aromatic N) is 1. The van der Waals surface area contributed by atoms with Crippen molar-refractivity contribution in [2.45, 2.75) is 18.2 Å². The Kier molecular flexibility index (Phi) is 2.58. The zero-order valence-electron chi connectivity index (χ0n) is 11.3. The number of fused-ring (bicyclic) bond motifs is 5. The minimum atomic E-state index is -1.01. The lowest BCUT2D eigenvalue weighted by atomic mass is 9.77. The lowest BCUT2D eigenvalue weighted by Gasteiger charge is -2.26. The summed E-state index contributed by atoms with van der Waals surface area (Å²) in [7, 11) is 0. The second kappa shape index (κ2) is 4.26. The first-order chi connectivity index (χ1) is 10.2. The molecule has 1 aromatic carbocycles. The fourth-order valence-corrected chi connectivity index (χ4v) is 3.67. The molecule has 0 saturated carbocycles. The second-order valence-corrected chi connectivity index (χ2v) is 5.81. The molecular formula is C16H15NO4. The summed E-state index contributed by atoms with van der Waals surface area (Å²) in [6.07, 6.45) is 3.13. The van der Waals surface area contributed by atoms with Crippen LogP contribution in [-0.2, 0) is 20.9 Å². The monoisotopic (exact) mass is 285 g/mol. The van der Waals surface area contributed by atoms with Crippen molar-refractivity contribution < 1.29 is 19.4 Å². The van der Waals surface area contributed by atoms with Gasteiger partial charge in [0.05, 0.1) is 31.1 Å². The predicted octanol–water partition coefficient (Wildman–Crippen LogP) is 0.487. The van der Waals surface area contributed by atoms with Crippen molar-refractivity contribution in [2.75, 3.05) is 6.61 Å². The van der Waals surface area contributed by atoms with E-state index in [0.717, 1.165) is 5.56 Å². The van der Waals surface area contributed by atoms with E-state index in [9.17, 15) is 14.7 Å². The summed E-state index contributed by atoms with van der Waals surface area (Å²) >= 11 is 0. The standard InChI is InChI=1S/C16H15NO4/c18-9-16-7-6-11(21-16)12-13(16)15(20)17(14(12)19)8-10-4-2-1-3-5-10/h1-7,11-13,18H,8-9H2/t11-,12+,13+,16-/m1/s1. The molecule has 2 amide bonds. The van der Waals surface area contributed by atoms with Crippen LogP contribution in [0.4, 0.5) is 0 Å². The van der Waals surface area contributed by atoms with Crippen LogP contribution in [0.5, 0.6) is 0 Å². The van der Waals surface area contributed by atoms with Crippen molar-refractivity contribution >= 4 is 11.8 Å². The highest BCUT2D eigenvalue weighted by Crippen LogP contribution is 2.51. The van der Waals surface area contributed by atoms with Gasteiger partial charge in [-0.2, -0.15) is 0 Å². The van der Waals surface area contributed by atoms with Crippen molar-refractivity contribution in [3.8, 4) is 0 Å². The Hall–Kier alpha value is -1.98. The van der Waals surface area contributed by atoms with Crippen molar-refractivity contribution in [3.05, 3.63) is 48.0 Å². The van der Waals surface area contributed by atoms with Gasteiger partial charge in [0.25, 0.3) is 0 Å². The number of likely N-dealkylation sites (tertiary alicyclic amines) is 1. The summed E-state index contributed by atoms with van der Waals surface area (Å²) < 4.78 is 5.69. The number of amides is 2. The summed E-state index contributed by atoms with van der Waals surface area (Å²) in [6.45, 7) is -0.000894. The van der Waals surface area contributed by atoms with Crippen LogP contribution in [0.15, 0.2) is 42.5 Å². The average Bonchev–Trinajstić information content (AvgIpc) is 3.15. The average molecular weight is 285 g/mol. The van der Waals surface area contributed by atoms with Crippen LogP contribution in [0.2, 0.25) is 0 Å². The van der Waals surface area contributed by atoms with Gasteiger partial charge in [-0.15, -0.1) is 0 Å². The Morgan fingerprint density at radius 3 is 2.67 bits per heavy atom. The molecule has 0 aromatic heterocycles. The summed E-state index contributed by atoms with van der Waals surface area (Å²) in [5.74, 6) is -1.51. The first kappa shape index (κ1) is 12.7. The largest absolute Gasteiger partial charge is 0.393 e. The topological polar surface area (TPSA) is 66.8 Å². The molecule has 5 heteroatoms. The molecule has 21 heavy (non-hydrogen) atoms. The maximum atomic E-state index is 12.6. The Bertz CT molecular complexity index is 641. The maximum Gasteiger partial charge on any atom is 0.236 e. The Morgan fingerprint density at radius 2 is 1.95 bits per heavy atom. The van der Waals surface area contributed by atoms with E-state index in [0.29, 0.717) is 0 Å². The van der Waals surface area contributed by atoms with Crippen LogP contribution in [0, 0.1) is 11.8 Å². The molecule has 108 valence electrons. The van der Waals surface area contributed by atoms with E-state index in [1.54, 1.807) is 12.2 Å². The number of ether oxygens (including phenoxy) is 1. The van der Waals surface area contributed by atoms with E-state index in [4.69, 9.17) is 4.74 Å². The molecular weight excluding hydrogens is 270 g/mol. The number of carbonyl (C=O) groups is 2. The van der Waals surface area contributed by atoms with E-state index in [1.807, 2.05) is 30.3 Å². The number of imide groups is 1. The predicted molar refractivity (Wildman–Crippen MR) is 72.8 cm³/mol. The molecule has 0 spiro atoms. The quantitative estimate of drug-likeness (QED) is 0.648. The van der Waals surface area contributed by atoms with Crippen LogP contribution < -0.4 is 0 Å². The zero-order valence-corrected chi connectivity index (χ0v) is 11.3. The smallest absolute Gasteiger partial charge is 0.236 e. The maximum absolute atomic E-state index is 12.6. The lowest BCUT2D eigenvalue weighted by molar-refractivity contribution is -0.146. The van der Waals surface area contributed by atoms with Crippen LogP contribution in [-0.4, -0.2) is 40.1 Å². The van der Waals surface area contributed by atoms with Gasteiger partial charge in [-0.25, -0.2) is 0 Å². The fraction of sp³-hybridized carbons (Fsp3) is 0.375. The third-order valence-electron chi connectivity index (χ3n) is 4.68. The van der Waals surface area contributed by atoms with Crippen LogP contribution in [0.1, 0.15) is 5.56 Å². The Labute approximate surface area is 121 Å². The molecule has 3 heterocycles. The first-order valence-electron chi connectivity index (χ1n) is 7.03. The molecule has 3 aliphatic rings. The lowest BCUT2D eigenvalue weighted by Crippen LogP contribution is -2.43.